The quantitative estimate of drug-likeness (QED) is 0.798. The summed E-state index contributed by atoms with van der Waals surface area (Å²) in [6.07, 6.45) is 3.57. The molecule has 3 aliphatic rings. The number of hydrogen-bond donors (Lipinski definition) is 0. The van der Waals surface area contributed by atoms with Crippen LogP contribution in [0.1, 0.15) is 35.3 Å². The number of ether oxygens (including phenoxy) is 2. The summed E-state index contributed by atoms with van der Waals surface area (Å²) in [6.45, 7) is 3.41. The molecule has 4 heterocycles. The Kier molecular flexibility index (Phi) is 4.49. The molecule has 0 N–H and O–H groups in total. The highest BCUT2D eigenvalue weighted by molar-refractivity contribution is 5.92. The molecular weight excluding hydrogens is 356 g/mol. The number of hydrogen-bond acceptors (Lipinski definition) is 6. The van der Waals surface area contributed by atoms with Gasteiger partial charge in [0.05, 0.1) is 13.2 Å². The Hall–Kier alpha value is -2.51. The van der Waals surface area contributed by atoms with Gasteiger partial charge in [0.25, 0.3) is 5.91 Å². The number of aryl methyl sites for hydroxylation is 1. The summed E-state index contributed by atoms with van der Waals surface area (Å²) in [5, 5.41) is 8.61. The minimum atomic E-state index is -0.478. The third kappa shape index (κ3) is 3.14. The van der Waals surface area contributed by atoms with Crippen LogP contribution in [0.3, 0.4) is 0 Å². The molecule has 0 bridgehead atoms. The number of carbonyl (C=O) groups is 1. The number of amides is 1. The number of fused-ring (bicyclic) bond motifs is 1. The number of aromatic nitrogens is 2. The average molecular weight is 380 g/mol. The van der Waals surface area contributed by atoms with E-state index in [1.165, 1.54) is 11.3 Å². The second kappa shape index (κ2) is 7.14. The minimum Gasteiger partial charge on any atom is -0.347 e. The summed E-state index contributed by atoms with van der Waals surface area (Å²) >= 11 is 0. The van der Waals surface area contributed by atoms with Gasteiger partial charge < -0.3 is 19.3 Å². The number of carbonyl (C=O) groups excluding carboxylic acids is 1. The molecule has 0 unspecified atom stereocenters. The van der Waals surface area contributed by atoms with Gasteiger partial charge >= 0.3 is 0 Å². The Labute approximate surface area is 164 Å². The Morgan fingerprint density at radius 2 is 1.75 bits per heavy atom. The number of anilines is 2. The molecule has 2 fully saturated rings. The van der Waals surface area contributed by atoms with Crippen molar-refractivity contribution >= 4 is 17.4 Å². The van der Waals surface area contributed by atoms with Gasteiger partial charge in [-0.1, -0.05) is 18.2 Å². The van der Waals surface area contributed by atoms with E-state index >= 15 is 0 Å². The number of piperidine rings is 1. The van der Waals surface area contributed by atoms with Crippen molar-refractivity contribution < 1.29 is 14.3 Å². The maximum absolute atomic E-state index is 12.8. The third-order valence-corrected chi connectivity index (χ3v) is 5.88. The molecule has 146 valence electrons. The van der Waals surface area contributed by atoms with Gasteiger partial charge in [0, 0.05) is 38.2 Å². The van der Waals surface area contributed by atoms with E-state index in [9.17, 15) is 4.79 Å². The zero-order chi connectivity index (χ0) is 19.0. The highest BCUT2D eigenvalue weighted by Crippen LogP contribution is 2.33. The molecule has 0 aliphatic carbocycles. The molecule has 3 aliphatic heterocycles. The molecule has 1 aromatic heterocycles. The van der Waals surface area contributed by atoms with Crippen LogP contribution >= 0.6 is 0 Å². The summed E-state index contributed by atoms with van der Waals surface area (Å²) < 4.78 is 11.5. The predicted molar refractivity (Wildman–Crippen MR) is 104 cm³/mol. The molecule has 7 heteroatoms. The molecule has 2 saturated heterocycles. The van der Waals surface area contributed by atoms with E-state index in [1.54, 1.807) is 6.07 Å². The highest BCUT2D eigenvalue weighted by Gasteiger charge is 2.41. The molecule has 1 spiro atoms. The fourth-order valence-corrected chi connectivity index (χ4v) is 4.35. The normalized spacial score (nSPS) is 21.0. The van der Waals surface area contributed by atoms with Crippen LogP contribution in [0.25, 0.3) is 0 Å². The molecule has 7 nitrogen and oxygen atoms in total. The van der Waals surface area contributed by atoms with Gasteiger partial charge in [-0.3, -0.25) is 4.79 Å². The first-order valence-corrected chi connectivity index (χ1v) is 10.0. The van der Waals surface area contributed by atoms with Gasteiger partial charge in [0.2, 0.25) is 0 Å². The summed E-state index contributed by atoms with van der Waals surface area (Å²) in [4.78, 5) is 16.8. The fraction of sp³-hybridized carbons (Fsp3) is 0.476. The Morgan fingerprint density at radius 3 is 2.50 bits per heavy atom. The molecule has 0 atom stereocenters. The maximum atomic E-state index is 12.8. The third-order valence-electron chi connectivity index (χ3n) is 5.88. The van der Waals surface area contributed by atoms with Crippen molar-refractivity contribution in [1.29, 1.82) is 0 Å². The van der Waals surface area contributed by atoms with E-state index in [0.29, 0.717) is 44.8 Å². The predicted octanol–water partition coefficient (Wildman–Crippen LogP) is 2.54. The van der Waals surface area contributed by atoms with Crippen LogP contribution in [0.4, 0.5) is 11.5 Å². The number of rotatable bonds is 2. The zero-order valence-corrected chi connectivity index (χ0v) is 15.8. The zero-order valence-electron chi connectivity index (χ0n) is 15.8. The van der Waals surface area contributed by atoms with Gasteiger partial charge in [-0.15, -0.1) is 10.2 Å². The van der Waals surface area contributed by atoms with Crippen molar-refractivity contribution in [1.82, 2.24) is 15.1 Å². The van der Waals surface area contributed by atoms with E-state index in [4.69, 9.17) is 9.47 Å². The number of nitrogens with zero attached hydrogens (tertiary/aromatic N) is 4. The van der Waals surface area contributed by atoms with Gasteiger partial charge in [-0.25, -0.2) is 0 Å². The van der Waals surface area contributed by atoms with Gasteiger partial charge in [0.1, 0.15) is 0 Å². The lowest BCUT2D eigenvalue weighted by Gasteiger charge is -2.37. The smallest absolute Gasteiger partial charge is 0.274 e. The maximum Gasteiger partial charge on any atom is 0.274 e. The summed E-state index contributed by atoms with van der Waals surface area (Å²) in [5.41, 5.74) is 2.90. The molecular formula is C21H24N4O3. The Bertz CT molecular complexity index is 854. The summed E-state index contributed by atoms with van der Waals surface area (Å²) in [7, 11) is 0. The first kappa shape index (κ1) is 17.6. The topological polar surface area (TPSA) is 67.8 Å². The summed E-state index contributed by atoms with van der Waals surface area (Å²) in [6, 6.07) is 12.1. The number of benzene rings is 1. The second-order valence-electron chi connectivity index (χ2n) is 7.56. The molecule has 1 amide bonds. The van der Waals surface area contributed by atoms with Crippen LogP contribution in [0, 0.1) is 0 Å². The fourth-order valence-electron chi connectivity index (χ4n) is 4.35. The van der Waals surface area contributed by atoms with Crippen molar-refractivity contribution in [2.24, 2.45) is 0 Å². The van der Waals surface area contributed by atoms with Crippen LogP contribution in [0.2, 0.25) is 0 Å². The molecule has 0 saturated carbocycles. The minimum absolute atomic E-state index is 0.0778. The van der Waals surface area contributed by atoms with Crippen molar-refractivity contribution in [3.05, 3.63) is 47.7 Å². The van der Waals surface area contributed by atoms with Crippen LogP contribution in [0.15, 0.2) is 36.4 Å². The lowest BCUT2D eigenvalue weighted by atomic mass is 10.0. The van der Waals surface area contributed by atoms with Crippen molar-refractivity contribution in [2.45, 2.75) is 31.5 Å². The van der Waals surface area contributed by atoms with E-state index < -0.39 is 5.79 Å². The van der Waals surface area contributed by atoms with Crippen LogP contribution in [-0.4, -0.2) is 59.6 Å². The monoisotopic (exact) mass is 380 g/mol. The molecule has 1 aromatic carbocycles. The van der Waals surface area contributed by atoms with Crippen LogP contribution in [0.5, 0.6) is 0 Å². The Morgan fingerprint density at radius 1 is 0.964 bits per heavy atom. The second-order valence-corrected chi connectivity index (χ2v) is 7.56. The number of para-hydroxylation sites is 1. The average Bonchev–Trinajstić information content (AvgIpc) is 3.21. The van der Waals surface area contributed by atoms with E-state index in [2.05, 4.69) is 33.3 Å². The first-order chi connectivity index (χ1) is 13.7. The van der Waals surface area contributed by atoms with E-state index in [-0.39, 0.29) is 5.91 Å². The molecule has 28 heavy (non-hydrogen) atoms. The largest absolute Gasteiger partial charge is 0.347 e. The number of likely N-dealkylation sites (tertiary alicyclic amines) is 1. The van der Waals surface area contributed by atoms with Crippen LogP contribution < -0.4 is 4.90 Å². The molecule has 0 radical (unpaired) electrons. The highest BCUT2D eigenvalue weighted by atomic mass is 16.7. The summed E-state index contributed by atoms with van der Waals surface area (Å²) in [5.74, 6) is 0.230. The van der Waals surface area contributed by atoms with Gasteiger partial charge in [0.15, 0.2) is 17.3 Å². The van der Waals surface area contributed by atoms with Crippen LogP contribution in [-0.2, 0) is 15.9 Å². The first-order valence-electron chi connectivity index (χ1n) is 10.0. The van der Waals surface area contributed by atoms with Crippen molar-refractivity contribution in [3.63, 3.8) is 0 Å². The van der Waals surface area contributed by atoms with E-state index in [1.807, 2.05) is 17.0 Å². The van der Waals surface area contributed by atoms with E-state index in [0.717, 1.165) is 25.2 Å². The van der Waals surface area contributed by atoms with Crippen molar-refractivity contribution in [3.8, 4) is 0 Å². The Balaban J connectivity index is 1.29. The van der Waals surface area contributed by atoms with Crippen molar-refractivity contribution in [2.75, 3.05) is 37.7 Å². The standard InChI is InChI=1S/C21H24N4O3/c26-20(24-12-9-21(10-13-24)27-14-15-28-21)17-7-8-19(23-22-17)25-11-3-5-16-4-1-2-6-18(16)25/h1-2,4,6-8H,3,5,9-15H2. The van der Waals surface area contributed by atoms with Gasteiger partial charge in [-0.05, 0) is 36.6 Å². The van der Waals surface area contributed by atoms with Gasteiger partial charge in [-0.2, -0.15) is 0 Å². The molecule has 5 rings (SSSR count). The lowest BCUT2D eigenvalue weighted by Crippen LogP contribution is -2.47. The lowest BCUT2D eigenvalue weighted by molar-refractivity contribution is -0.181. The molecule has 2 aromatic rings. The SMILES string of the molecule is O=C(c1ccc(N2CCCc3ccccc32)nn1)N1CCC2(CC1)OCCO2.